The van der Waals surface area contributed by atoms with Gasteiger partial charge < -0.3 is 10.6 Å². The summed E-state index contributed by atoms with van der Waals surface area (Å²) in [7, 11) is 0. The molecule has 0 aliphatic carbocycles. The van der Waals surface area contributed by atoms with E-state index in [1.807, 2.05) is 0 Å². The van der Waals surface area contributed by atoms with E-state index in [2.05, 4.69) is 17.2 Å². The first-order valence-corrected chi connectivity index (χ1v) is 4.55. The molecule has 3 nitrogen and oxygen atoms in total. The molecule has 1 heterocycles. The van der Waals surface area contributed by atoms with Crippen molar-refractivity contribution in [2.24, 2.45) is 0 Å². The second-order valence-electron chi connectivity index (χ2n) is 3.25. The summed E-state index contributed by atoms with van der Waals surface area (Å²) in [4.78, 5) is 11.4. The Balaban J connectivity index is 2.39. The minimum absolute atomic E-state index is 0.00796. The quantitative estimate of drug-likeness (QED) is 0.493. The number of nitrogens with one attached hydrogen (secondary N) is 2. The van der Waals surface area contributed by atoms with Crippen molar-refractivity contribution in [3.05, 3.63) is 24.3 Å². The molecule has 13 heavy (non-hydrogen) atoms. The van der Waals surface area contributed by atoms with Crippen molar-refractivity contribution in [1.82, 2.24) is 10.6 Å². The summed E-state index contributed by atoms with van der Waals surface area (Å²) in [5.74, 6) is 0.00796. The van der Waals surface area contributed by atoms with Crippen molar-refractivity contribution < 1.29 is 4.79 Å². The lowest BCUT2D eigenvalue weighted by atomic mass is 10.2. The molecule has 2 N–H and O–H groups in total. The average molecular weight is 180 g/mol. The fourth-order valence-corrected chi connectivity index (χ4v) is 1.33. The van der Waals surface area contributed by atoms with E-state index in [0.717, 1.165) is 19.5 Å². The second-order valence-corrected chi connectivity index (χ2v) is 3.25. The minimum Gasteiger partial charge on any atom is -0.348 e. The lowest BCUT2D eigenvalue weighted by molar-refractivity contribution is -0.118. The van der Waals surface area contributed by atoms with Gasteiger partial charge in [-0.1, -0.05) is 18.7 Å². The first-order valence-electron chi connectivity index (χ1n) is 4.55. The Hall–Kier alpha value is -1.09. The Morgan fingerprint density at radius 1 is 1.69 bits per heavy atom. The van der Waals surface area contributed by atoms with E-state index in [0.29, 0.717) is 11.6 Å². The van der Waals surface area contributed by atoms with Crippen LogP contribution in [0.25, 0.3) is 0 Å². The first-order chi connectivity index (χ1) is 6.24. The van der Waals surface area contributed by atoms with E-state index in [1.54, 1.807) is 19.1 Å². The fourth-order valence-electron chi connectivity index (χ4n) is 1.33. The third kappa shape index (κ3) is 3.03. The molecule has 1 aliphatic heterocycles. The van der Waals surface area contributed by atoms with Crippen LogP contribution in [0, 0.1) is 0 Å². The maximum Gasteiger partial charge on any atom is 0.247 e. The van der Waals surface area contributed by atoms with Crippen molar-refractivity contribution in [1.29, 1.82) is 0 Å². The summed E-state index contributed by atoms with van der Waals surface area (Å²) >= 11 is 0. The molecule has 0 bridgehead atoms. The molecule has 0 radical (unpaired) electrons. The summed E-state index contributed by atoms with van der Waals surface area (Å²) in [6, 6.07) is 0.292. The van der Waals surface area contributed by atoms with Gasteiger partial charge in [0.1, 0.15) is 0 Å². The first kappa shape index (κ1) is 9.99. The monoisotopic (exact) mass is 180 g/mol. The van der Waals surface area contributed by atoms with Crippen molar-refractivity contribution >= 4 is 5.91 Å². The average Bonchev–Trinajstić information content (AvgIpc) is 2.57. The predicted molar refractivity (Wildman–Crippen MR) is 53.4 cm³/mol. The van der Waals surface area contributed by atoms with E-state index in [-0.39, 0.29) is 5.91 Å². The van der Waals surface area contributed by atoms with Gasteiger partial charge in [0.15, 0.2) is 0 Å². The zero-order valence-corrected chi connectivity index (χ0v) is 7.97. The van der Waals surface area contributed by atoms with Gasteiger partial charge in [-0.3, -0.25) is 4.79 Å². The number of amides is 1. The van der Waals surface area contributed by atoms with Crippen molar-refractivity contribution in [3.8, 4) is 0 Å². The Bertz CT molecular complexity index is 227. The smallest absolute Gasteiger partial charge is 0.247 e. The van der Waals surface area contributed by atoms with Gasteiger partial charge >= 0.3 is 0 Å². The number of carbonyl (C=O) groups is 1. The van der Waals surface area contributed by atoms with Gasteiger partial charge in [-0.15, -0.1) is 0 Å². The van der Waals surface area contributed by atoms with Crippen LogP contribution in [0.2, 0.25) is 0 Å². The maximum atomic E-state index is 11.4. The van der Waals surface area contributed by atoms with Gasteiger partial charge in [-0.25, -0.2) is 0 Å². The number of carbonyl (C=O) groups excluding carboxylic acids is 1. The number of rotatable bonds is 3. The molecule has 0 aromatic carbocycles. The number of hydrogen-bond acceptors (Lipinski definition) is 2. The van der Waals surface area contributed by atoms with Crippen molar-refractivity contribution in [2.45, 2.75) is 19.4 Å². The summed E-state index contributed by atoms with van der Waals surface area (Å²) < 4.78 is 0. The molecule has 1 aliphatic rings. The fraction of sp³-hybridized carbons (Fsp3) is 0.500. The van der Waals surface area contributed by atoms with Gasteiger partial charge in [-0.05, 0) is 19.9 Å². The van der Waals surface area contributed by atoms with E-state index in [9.17, 15) is 4.79 Å². The molecular weight excluding hydrogens is 164 g/mol. The molecule has 1 fully saturated rings. The summed E-state index contributed by atoms with van der Waals surface area (Å²) in [6.45, 7) is 7.21. The lowest BCUT2D eigenvalue weighted by Crippen LogP contribution is -2.36. The highest BCUT2D eigenvalue weighted by molar-refractivity contribution is 5.93. The molecule has 1 rings (SSSR count). The third-order valence-corrected chi connectivity index (χ3v) is 2.12. The van der Waals surface area contributed by atoms with Gasteiger partial charge in [-0.2, -0.15) is 0 Å². The highest BCUT2D eigenvalue weighted by Gasteiger charge is 2.16. The second kappa shape index (κ2) is 4.82. The largest absolute Gasteiger partial charge is 0.348 e. The van der Waals surface area contributed by atoms with E-state index in [4.69, 9.17) is 0 Å². The molecule has 1 amide bonds. The van der Waals surface area contributed by atoms with E-state index < -0.39 is 0 Å². The Labute approximate surface area is 78.9 Å². The normalized spacial score (nSPS) is 22.8. The van der Waals surface area contributed by atoms with Gasteiger partial charge in [0, 0.05) is 18.2 Å². The lowest BCUT2D eigenvalue weighted by Gasteiger charge is -2.10. The molecule has 3 heteroatoms. The van der Waals surface area contributed by atoms with E-state index >= 15 is 0 Å². The maximum absolute atomic E-state index is 11.4. The van der Waals surface area contributed by atoms with E-state index in [1.165, 1.54) is 0 Å². The molecule has 72 valence electrons. The predicted octanol–water partition coefficient (Wildman–Crippen LogP) is 0.597. The summed E-state index contributed by atoms with van der Waals surface area (Å²) in [5, 5.41) is 6.14. The van der Waals surface area contributed by atoms with Crippen LogP contribution in [0.1, 0.15) is 13.3 Å². The van der Waals surface area contributed by atoms with Crippen LogP contribution in [0.3, 0.4) is 0 Å². The Morgan fingerprint density at radius 2 is 2.46 bits per heavy atom. The molecule has 1 atom stereocenters. The van der Waals surface area contributed by atoms with Crippen molar-refractivity contribution in [3.63, 3.8) is 0 Å². The van der Waals surface area contributed by atoms with Crippen LogP contribution in [-0.2, 0) is 4.79 Å². The van der Waals surface area contributed by atoms with Gasteiger partial charge in [0.2, 0.25) is 5.91 Å². The minimum atomic E-state index is 0.00796. The zero-order chi connectivity index (χ0) is 9.68. The molecule has 0 saturated carbocycles. The standard InChI is InChI=1S/C10H16N2O/c1-3-4-8(2)10(13)12-9-5-6-11-7-9/h3-4,9,11H,1,5-7H2,2H3,(H,12,13). The topological polar surface area (TPSA) is 41.1 Å². The van der Waals surface area contributed by atoms with Crippen LogP contribution >= 0.6 is 0 Å². The molecule has 0 aromatic heterocycles. The molecule has 0 spiro atoms. The molecular formula is C10H16N2O. The van der Waals surface area contributed by atoms with Crippen LogP contribution < -0.4 is 10.6 Å². The SMILES string of the molecule is C=CC=C(C)C(=O)NC1CCNC1. The summed E-state index contributed by atoms with van der Waals surface area (Å²) in [6.07, 6.45) is 4.37. The third-order valence-electron chi connectivity index (χ3n) is 2.12. The van der Waals surface area contributed by atoms with Crippen LogP contribution in [0.5, 0.6) is 0 Å². The molecule has 0 aromatic rings. The Kier molecular flexibility index (Phi) is 3.71. The van der Waals surface area contributed by atoms with Gasteiger partial charge in [0.25, 0.3) is 0 Å². The van der Waals surface area contributed by atoms with Crippen LogP contribution in [0.15, 0.2) is 24.3 Å². The van der Waals surface area contributed by atoms with Crippen LogP contribution in [0.4, 0.5) is 0 Å². The zero-order valence-electron chi connectivity index (χ0n) is 7.97. The molecule has 1 unspecified atom stereocenters. The number of allylic oxidation sites excluding steroid dienone is 2. The highest BCUT2D eigenvalue weighted by Crippen LogP contribution is 2.00. The Morgan fingerprint density at radius 3 is 3.00 bits per heavy atom. The van der Waals surface area contributed by atoms with Crippen molar-refractivity contribution in [2.75, 3.05) is 13.1 Å². The van der Waals surface area contributed by atoms with Crippen LogP contribution in [-0.4, -0.2) is 25.0 Å². The summed E-state index contributed by atoms with van der Waals surface area (Å²) in [5.41, 5.74) is 0.710. The highest BCUT2D eigenvalue weighted by atomic mass is 16.1. The number of hydrogen-bond donors (Lipinski definition) is 2. The molecule has 1 saturated heterocycles. The van der Waals surface area contributed by atoms with Gasteiger partial charge in [0.05, 0.1) is 0 Å².